The Kier molecular flexibility index (Phi) is 6.20. The van der Waals surface area contributed by atoms with Gasteiger partial charge in [-0.05, 0) is 43.0 Å². The molecule has 136 valence electrons. The molecule has 0 radical (unpaired) electrons. The van der Waals surface area contributed by atoms with E-state index in [9.17, 15) is 9.59 Å². The van der Waals surface area contributed by atoms with Crippen molar-refractivity contribution in [2.45, 2.75) is 25.3 Å². The smallest absolute Gasteiger partial charge is 0.248 e. The number of allylic oxidation sites excluding steroid dienone is 1. The van der Waals surface area contributed by atoms with Crippen molar-refractivity contribution in [3.05, 3.63) is 35.9 Å². The first-order chi connectivity index (χ1) is 12.0. The minimum absolute atomic E-state index is 0.182. The molecule has 25 heavy (non-hydrogen) atoms. The first kappa shape index (κ1) is 19.0. The lowest BCUT2D eigenvalue weighted by Gasteiger charge is -2.35. The second kappa shape index (κ2) is 8.16. The molecule has 1 unspecified atom stereocenters. The lowest BCUT2D eigenvalue weighted by Crippen LogP contribution is -2.59. The summed E-state index contributed by atoms with van der Waals surface area (Å²) >= 11 is 0. The van der Waals surface area contributed by atoms with E-state index < -0.39 is 5.54 Å². The molecule has 6 heteroatoms. The highest BCUT2D eigenvalue weighted by Gasteiger charge is 2.48. The summed E-state index contributed by atoms with van der Waals surface area (Å²) in [6, 6.07) is 7.54. The molecular weight excluding hydrogens is 320 g/mol. The van der Waals surface area contributed by atoms with Gasteiger partial charge < -0.3 is 19.7 Å². The first-order valence-electron chi connectivity index (χ1n) is 8.34. The molecule has 1 N–H and O–H groups in total. The fourth-order valence-corrected chi connectivity index (χ4v) is 3.34. The molecule has 0 spiro atoms. The maximum atomic E-state index is 12.9. The molecule has 0 saturated carbocycles. The number of hydrogen-bond acceptors (Lipinski definition) is 4. The zero-order valence-corrected chi connectivity index (χ0v) is 15.3. The Labute approximate surface area is 148 Å². The summed E-state index contributed by atoms with van der Waals surface area (Å²) in [7, 11) is 4.73. The van der Waals surface area contributed by atoms with Gasteiger partial charge in [0.15, 0.2) is 0 Å². The molecule has 2 amide bonds. The largest absolute Gasteiger partial charge is 0.497 e. The SMILES string of the molecule is CNC(=O)C1(COC)CCCN1C(=O)/C=C(\C)c1cccc(OC)c1. The molecule has 1 heterocycles. The van der Waals surface area contributed by atoms with E-state index in [1.165, 1.54) is 0 Å². The van der Waals surface area contributed by atoms with Gasteiger partial charge in [-0.2, -0.15) is 0 Å². The predicted molar refractivity (Wildman–Crippen MR) is 96.3 cm³/mol. The lowest BCUT2D eigenvalue weighted by atomic mass is 9.95. The summed E-state index contributed by atoms with van der Waals surface area (Å²) in [5, 5.41) is 2.67. The molecule has 0 aliphatic carbocycles. The Bertz CT molecular complexity index is 671. The molecule has 1 aromatic rings. The third kappa shape index (κ3) is 3.85. The van der Waals surface area contributed by atoms with E-state index in [1.54, 1.807) is 32.2 Å². The normalized spacial score (nSPS) is 20.5. The van der Waals surface area contributed by atoms with Crippen LogP contribution in [0.25, 0.3) is 5.57 Å². The standard InChI is InChI=1S/C19H26N2O4/c1-14(15-7-5-8-16(12-15)25-4)11-17(22)21-10-6-9-19(21,13-24-3)18(23)20-2/h5,7-8,11-12H,6,9-10,13H2,1-4H3,(H,20,23)/b14-11+. The van der Waals surface area contributed by atoms with Crippen molar-refractivity contribution in [2.75, 3.05) is 34.4 Å². The monoisotopic (exact) mass is 346 g/mol. The van der Waals surface area contributed by atoms with Gasteiger partial charge in [-0.15, -0.1) is 0 Å². The number of benzene rings is 1. The number of likely N-dealkylation sites (N-methyl/N-ethyl adjacent to an activating group) is 1. The van der Waals surface area contributed by atoms with Crippen LogP contribution >= 0.6 is 0 Å². The van der Waals surface area contributed by atoms with Gasteiger partial charge in [0.2, 0.25) is 11.8 Å². The van der Waals surface area contributed by atoms with E-state index in [0.717, 1.165) is 23.3 Å². The molecule has 1 atom stereocenters. The zero-order chi connectivity index (χ0) is 18.4. The van der Waals surface area contributed by atoms with Gasteiger partial charge in [0.1, 0.15) is 11.3 Å². The topological polar surface area (TPSA) is 67.9 Å². The Morgan fingerprint density at radius 2 is 2.12 bits per heavy atom. The number of amides is 2. The number of nitrogens with zero attached hydrogens (tertiary/aromatic N) is 1. The van der Waals surface area contributed by atoms with E-state index in [2.05, 4.69) is 5.32 Å². The van der Waals surface area contributed by atoms with Crippen LogP contribution in [-0.2, 0) is 14.3 Å². The average molecular weight is 346 g/mol. The van der Waals surface area contributed by atoms with E-state index >= 15 is 0 Å². The molecule has 1 aliphatic rings. The number of likely N-dealkylation sites (tertiary alicyclic amines) is 1. The van der Waals surface area contributed by atoms with Crippen LogP contribution in [-0.4, -0.2) is 56.7 Å². The van der Waals surface area contributed by atoms with E-state index in [1.807, 2.05) is 31.2 Å². The number of nitrogens with one attached hydrogen (secondary N) is 1. The molecule has 1 fully saturated rings. The Morgan fingerprint density at radius 1 is 1.36 bits per heavy atom. The third-order valence-corrected chi connectivity index (χ3v) is 4.65. The van der Waals surface area contributed by atoms with Crippen LogP contribution in [0.3, 0.4) is 0 Å². The molecule has 0 bridgehead atoms. The van der Waals surface area contributed by atoms with Crippen LogP contribution in [0.2, 0.25) is 0 Å². The van der Waals surface area contributed by atoms with Gasteiger partial charge in [0.05, 0.1) is 13.7 Å². The van der Waals surface area contributed by atoms with Crippen molar-refractivity contribution in [3.63, 3.8) is 0 Å². The van der Waals surface area contributed by atoms with Crippen LogP contribution in [0.4, 0.5) is 0 Å². The quantitative estimate of drug-likeness (QED) is 0.798. The van der Waals surface area contributed by atoms with Crippen molar-refractivity contribution in [1.82, 2.24) is 10.2 Å². The summed E-state index contributed by atoms with van der Waals surface area (Å²) < 4.78 is 10.5. The van der Waals surface area contributed by atoms with Crippen LogP contribution in [0.15, 0.2) is 30.3 Å². The van der Waals surface area contributed by atoms with Crippen LogP contribution in [0, 0.1) is 0 Å². The van der Waals surface area contributed by atoms with Crippen LogP contribution < -0.4 is 10.1 Å². The van der Waals surface area contributed by atoms with Crippen LogP contribution in [0.5, 0.6) is 5.75 Å². The molecule has 1 aliphatic heterocycles. The fourth-order valence-electron chi connectivity index (χ4n) is 3.34. The molecule has 2 rings (SSSR count). The predicted octanol–water partition coefficient (Wildman–Crippen LogP) is 1.85. The van der Waals surface area contributed by atoms with Gasteiger partial charge in [-0.3, -0.25) is 9.59 Å². The van der Waals surface area contributed by atoms with E-state index in [0.29, 0.717) is 13.0 Å². The average Bonchev–Trinajstić information content (AvgIpc) is 3.06. The van der Waals surface area contributed by atoms with Gasteiger partial charge >= 0.3 is 0 Å². The number of carbonyl (C=O) groups is 2. The highest BCUT2D eigenvalue weighted by Crippen LogP contribution is 2.31. The molecule has 0 aromatic heterocycles. The van der Waals surface area contributed by atoms with Gasteiger partial charge in [-0.1, -0.05) is 12.1 Å². The highest BCUT2D eigenvalue weighted by atomic mass is 16.5. The number of methoxy groups -OCH3 is 2. The van der Waals surface area contributed by atoms with Crippen molar-refractivity contribution in [2.24, 2.45) is 0 Å². The fraction of sp³-hybridized carbons (Fsp3) is 0.474. The summed E-state index contributed by atoms with van der Waals surface area (Å²) in [6.45, 7) is 2.60. The number of hydrogen-bond donors (Lipinski definition) is 1. The Hall–Kier alpha value is -2.34. The van der Waals surface area contributed by atoms with Gasteiger partial charge in [-0.25, -0.2) is 0 Å². The van der Waals surface area contributed by atoms with E-state index in [4.69, 9.17) is 9.47 Å². The summed E-state index contributed by atoms with van der Waals surface area (Å²) in [5.41, 5.74) is 0.786. The summed E-state index contributed by atoms with van der Waals surface area (Å²) in [5.74, 6) is 0.365. The molecule has 1 saturated heterocycles. The molecular formula is C19H26N2O4. The van der Waals surface area contributed by atoms with Crippen molar-refractivity contribution in [3.8, 4) is 5.75 Å². The maximum absolute atomic E-state index is 12.9. The lowest BCUT2D eigenvalue weighted by molar-refractivity contribution is -0.145. The van der Waals surface area contributed by atoms with E-state index in [-0.39, 0.29) is 18.4 Å². The molecule has 6 nitrogen and oxygen atoms in total. The number of carbonyl (C=O) groups excluding carboxylic acids is 2. The minimum Gasteiger partial charge on any atom is -0.497 e. The Morgan fingerprint density at radius 3 is 2.76 bits per heavy atom. The van der Waals surface area contributed by atoms with Crippen molar-refractivity contribution in [1.29, 1.82) is 0 Å². The number of rotatable bonds is 6. The summed E-state index contributed by atoms with van der Waals surface area (Å²) in [6.07, 6.45) is 2.94. The second-order valence-corrected chi connectivity index (χ2v) is 6.20. The Balaban J connectivity index is 2.29. The maximum Gasteiger partial charge on any atom is 0.248 e. The van der Waals surface area contributed by atoms with Gasteiger partial charge in [0, 0.05) is 26.8 Å². The number of ether oxygens (including phenoxy) is 2. The highest BCUT2D eigenvalue weighted by molar-refractivity contribution is 5.99. The first-order valence-corrected chi connectivity index (χ1v) is 8.34. The van der Waals surface area contributed by atoms with Crippen LogP contribution in [0.1, 0.15) is 25.3 Å². The summed E-state index contributed by atoms with van der Waals surface area (Å²) in [4.78, 5) is 27.0. The van der Waals surface area contributed by atoms with Crippen molar-refractivity contribution < 1.29 is 19.1 Å². The van der Waals surface area contributed by atoms with Crippen molar-refractivity contribution >= 4 is 17.4 Å². The molecule has 1 aromatic carbocycles. The minimum atomic E-state index is -0.939. The zero-order valence-electron chi connectivity index (χ0n) is 15.3. The van der Waals surface area contributed by atoms with Gasteiger partial charge in [0.25, 0.3) is 0 Å². The second-order valence-electron chi connectivity index (χ2n) is 6.20. The third-order valence-electron chi connectivity index (χ3n) is 4.65.